The number of rotatable bonds is 7. The molecule has 0 aliphatic carbocycles. The zero-order valence-corrected chi connectivity index (χ0v) is 25.3. The quantitative estimate of drug-likeness (QED) is 0.295. The number of likely N-dealkylation sites (tertiary alicyclic amines) is 1. The van der Waals surface area contributed by atoms with Gasteiger partial charge >= 0.3 is 0 Å². The Morgan fingerprint density at radius 2 is 1.48 bits per heavy atom. The van der Waals surface area contributed by atoms with E-state index in [4.69, 9.17) is 18.9 Å². The summed E-state index contributed by atoms with van der Waals surface area (Å²) in [5.41, 5.74) is 3.34. The van der Waals surface area contributed by atoms with Gasteiger partial charge < -0.3 is 24.3 Å². The zero-order valence-electron chi connectivity index (χ0n) is 25.3. The average molecular weight is 596 g/mol. The molecule has 6 heterocycles. The third-order valence-corrected chi connectivity index (χ3v) is 8.06. The molecule has 0 amide bonds. The van der Waals surface area contributed by atoms with Crippen LogP contribution in [0.3, 0.4) is 0 Å². The molecular weight excluding hydrogens is 554 g/mol. The number of benzene rings is 1. The van der Waals surface area contributed by atoms with Crippen LogP contribution in [0.25, 0.3) is 0 Å². The molecule has 44 heavy (non-hydrogen) atoms. The molecule has 0 radical (unpaired) electrons. The Morgan fingerprint density at radius 1 is 0.818 bits per heavy atom. The van der Waals surface area contributed by atoms with Crippen LogP contribution in [-0.4, -0.2) is 64.8 Å². The number of piperidine rings is 2. The minimum Gasteiger partial charge on any atom is -0.489 e. The van der Waals surface area contributed by atoms with E-state index in [2.05, 4.69) is 49.4 Å². The zero-order chi connectivity index (χ0) is 30.0. The third kappa shape index (κ3) is 8.45. The predicted octanol–water partition coefficient (Wildman–Crippen LogP) is 5.55. The highest BCUT2D eigenvalue weighted by molar-refractivity contribution is 5.37. The van der Waals surface area contributed by atoms with E-state index in [1.807, 2.05) is 43.3 Å². The first-order valence-corrected chi connectivity index (χ1v) is 15.6. The monoisotopic (exact) mass is 595 g/mol. The van der Waals surface area contributed by atoms with E-state index in [9.17, 15) is 0 Å². The Morgan fingerprint density at radius 3 is 2.11 bits per heavy atom. The minimum atomic E-state index is -0.129. The highest BCUT2D eigenvalue weighted by Crippen LogP contribution is 2.34. The van der Waals surface area contributed by atoms with Crippen LogP contribution in [0.1, 0.15) is 48.6 Å². The van der Waals surface area contributed by atoms with Gasteiger partial charge in [-0.3, -0.25) is 14.9 Å². The van der Waals surface area contributed by atoms with Crippen LogP contribution < -0.4 is 24.3 Å². The molecule has 3 aliphatic rings. The number of aromatic nitrogens is 3. The molecule has 0 saturated carbocycles. The van der Waals surface area contributed by atoms with E-state index in [-0.39, 0.29) is 12.2 Å². The summed E-state index contributed by atoms with van der Waals surface area (Å²) in [6, 6.07) is 20.3. The summed E-state index contributed by atoms with van der Waals surface area (Å²) < 4.78 is 23.7. The lowest BCUT2D eigenvalue weighted by Crippen LogP contribution is -2.37. The molecule has 230 valence electrons. The number of aryl methyl sites for hydroxylation is 1. The van der Waals surface area contributed by atoms with E-state index in [1.54, 1.807) is 24.8 Å². The Balaban J connectivity index is 0.000000220. The van der Waals surface area contributed by atoms with Crippen LogP contribution in [-0.2, 0) is 6.54 Å². The van der Waals surface area contributed by atoms with Crippen LogP contribution in [0.5, 0.6) is 23.1 Å². The largest absolute Gasteiger partial charge is 0.489 e. The van der Waals surface area contributed by atoms with Gasteiger partial charge in [-0.15, -0.1) is 0 Å². The molecule has 3 aromatic heterocycles. The van der Waals surface area contributed by atoms with Crippen LogP contribution in [0, 0.1) is 6.92 Å². The summed E-state index contributed by atoms with van der Waals surface area (Å²) in [4.78, 5) is 15.1. The maximum Gasteiger partial charge on any atom is 0.257 e. The summed E-state index contributed by atoms with van der Waals surface area (Å²) >= 11 is 0. The number of ether oxygens (including phenoxy) is 4. The molecule has 1 atom stereocenters. The van der Waals surface area contributed by atoms with Gasteiger partial charge in [0.1, 0.15) is 30.3 Å². The van der Waals surface area contributed by atoms with Crippen LogP contribution in [0.2, 0.25) is 0 Å². The Labute approximate surface area is 259 Å². The standard InChI is InChI=1S/C25H27N3O3.C10H14N2O/c1-18-4-9-23-25(27-18)31-24(17-29-23)20-7-5-19(6-8-20)16-28-13-10-21(11-14-28)30-22-3-2-12-26-15-22;1-2-10(8-12-5-1)13-9-3-6-11-7-4-9/h2-9,12,15,21,24H,10-11,13-14,16-17H2,1H3;1-2,5,8-9,11H,3-4,6-7H2. The van der Waals surface area contributed by atoms with Gasteiger partial charge in [-0.05, 0) is 93.2 Å². The number of nitrogens with one attached hydrogen (secondary N) is 1. The van der Waals surface area contributed by atoms with Crippen molar-refractivity contribution in [1.29, 1.82) is 0 Å². The van der Waals surface area contributed by atoms with E-state index >= 15 is 0 Å². The van der Waals surface area contributed by atoms with Crippen molar-refractivity contribution in [1.82, 2.24) is 25.2 Å². The molecule has 0 spiro atoms. The number of pyridine rings is 3. The molecule has 1 unspecified atom stereocenters. The molecule has 4 aromatic rings. The lowest BCUT2D eigenvalue weighted by molar-refractivity contribution is 0.0847. The third-order valence-electron chi connectivity index (χ3n) is 8.06. The molecule has 2 saturated heterocycles. The first-order valence-electron chi connectivity index (χ1n) is 15.6. The van der Waals surface area contributed by atoms with Crippen molar-refractivity contribution in [3.8, 4) is 23.1 Å². The Hall–Kier alpha value is -4.21. The van der Waals surface area contributed by atoms with Gasteiger partial charge in [-0.1, -0.05) is 24.3 Å². The fraction of sp³-hybridized carbons (Fsp3) is 0.400. The van der Waals surface area contributed by atoms with Gasteiger partial charge in [-0.2, -0.15) is 0 Å². The van der Waals surface area contributed by atoms with Crippen molar-refractivity contribution in [2.45, 2.75) is 57.5 Å². The Bertz CT molecular complexity index is 1430. The first kappa shape index (κ1) is 29.8. The summed E-state index contributed by atoms with van der Waals surface area (Å²) in [6.07, 6.45) is 11.8. The van der Waals surface area contributed by atoms with Crippen LogP contribution >= 0.6 is 0 Å². The van der Waals surface area contributed by atoms with Crippen molar-refractivity contribution in [2.24, 2.45) is 0 Å². The average Bonchev–Trinajstić information content (AvgIpc) is 3.07. The molecule has 9 heteroatoms. The minimum absolute atomic E-state index is 0.129. The van der Waals surface area contributed by atoms with Gasteiger partial charge in [-0.25, -0.2) is 4.98 Å². The van der Waals surface area contributed by atoms with Gasteiger partial charge in [0, 0.05) is 37.7 Å². The van der Waals surface area contributed by atoms with E-state index in [0.29, 0.717) is 18.6 Å². The van der Waals surface area contributed by atoms with Gasteiger partial charge in [0.25, 0.3) is 5.88 Å². The summed E-state index contributed by atoms with van der Waals surface area (Å²) in [7, 11) is 0. The van der Waals surface area contributed by atoms with Crippen molar-refractivity contribution in [2.75, 3.05) is 32.8 Å². The lowest BCUT2D eigenvalue weighted by Gasteiger charge is -2.32. The van der Waals surface area contributed by atoms with Crippen molar-refractivity contribution >= 4 is 0 Å². The SMILES string of the molecule is Cc1ccc2c(n1)OC(c1ccc(CN3CCC(Oc4cccnc4)CC3)cc1)CO2.c1cncc(OC2CCNCC2)c1. The van der Waals surface area contributed by atoms with Gasteiger partial charge in [0.05, 0.1) is 12.4 Å². The number of fused-ring (bicyclic) bond motifs is 1. The number of nitrogens with zero attached hydrogens (tertiary/aromatic N) is 4. The number of hydrogen-bond acceptors (Lipinski definition) is 9. The topological polar surface area (TPSA) is 90.9 Å². The van der Waals surface area contributed by atoms with Crippen LogP contribution in [0.15, 0.2) is 85.5 Å². The summed E-state index contributed by atoms with van der Waals surface area (Å²) in [5, 5.41) is 3.30. The molecular formula is C35H41N5O4. The van der Waals surface area contributed by atoms with Crippen molar-refractivity contribution in [3.05, 3.63) is 102 Å². The van der Waals surface area contributed by atoms with Crippen LogP contribution in [0.4, 0.5) is 0 Å². The molecule has 3 aliphatic heterocycles. The van der Waals surface area contributed by atoms with Crippen molar-refractivity contribution < 1.29 is 18.9 Å². The molecule has 7 rings (SSSR count). The highest BCUT2D eigenvalue weighted by Gasteiger charge is 2.24. The van der Waals surface area contributed by atoms with Gasteiger partial charge in [0.2, 0.25) is 0 Å². The maximum absolute atomic E-state index is 6.08. The molecule has 1 aromatic carbocycles. The highest BCUT2D eigenvalue weighted by atomic mass is 16.6. The van der Waals surface area contributed by atoms with Crippen molar-refractivity contribution in [3.63, 3.8) is 0 Å². The molecule has 0 bridgehead atoms. The first-order chi connectivity index (χ1) is 21.7. The van der Waals surface area contributed by atoms with Gasteiger partial charge in [0.15, 0.2) is 11.9 Å². The van der Waals surface area contributed by atoms with E-state index < -0.39 is 0 Å². The second kappa shape index (κ2) is 15.0. The fourth-order valence-corrected chi connectivity index (χ4v) is 5.63. The lowest BCUT2D eigenvalue weighted by atomic mass is 10.0. The normalized spacial score (nSPS) is 19.0. The predicted molar refractivity (Wildman–Crippen MR) is 168 cm³/mol. The molecule has 9 nitrogen and oxygen atoms in total. The number of hydrogen-bond donors (Lipinski definition) is 1. The van der Waals surface area contributed by atoms with E-state index in [1.165, 1.54) is 5.56 Å². The molecule has 2 fully saturated rings. The maximum atomic E-state index is 6.08. The fourth-order valence-electron chi connectivity index (χ4n) is 5.63. The smallest absolute Gasteiger partial charge is 0.257 e. The molecule has 1 N–H and O–H groups in total. The summed E-state index contributed by atoms with van der Waals surface area (Å²) in [5.74, 6) is 3.04. The second-order valence-corrected chi connectivity index (χ2v) is 11.5. The summed E-state index contributed by atoms with van der Waals surface area (Å²) in [6.45, 7) is 7.60. The van der Waals surface area contributed by atoms with E-state index in [0.717, 1.165) is 86.9 Å². The Kier molecular flexibility index (Phi) is 10.2. The second-order valence-electron chi connectivity index (χ2n) is 11.5.